The first-order valence-corrected chi connectivity index (χ1v) is 5.73. The number of rotatable bonds is 7. The van der Waals surface area contributed by atoms with E-state index in [1.54, 1.807) is 0 Å². The largest absolute Gasteiger partial charge is 0.493 e. The van der Waals surface area contributed by atoms with E-state index in [1.807, 2.05) is 0 Å². The van der Waals surface area contributed by atoms with Crippen molar-refractivity contribution in [2.24, 2.45) is 0 Å². The average molecular weight is 272 g/mol. The first kappa shape index (κ1) is 15.1. The van der Waals surface area contributed by atoms with Gasteiger partial charge in [-0.3, -0.25) is 4.79 Å². The van der Waals surface area contributed by atoms with Gasteiger partial charge in [-0.25, -0.2) is 13.6 Å². The lowest BCUT2D eigenvalue weighted by Gasteiger charge is -2.06. The summed E-state index contributed by atoms with van der Waals surface area (Å²) in [5, 5.41) is 0. The molecule has 0 N–H and O–H groups in total. The van der Waals surface area contributed by atoms with Gasteiger partial charge in [0.15, 0.2) is 11.6 Å². The summed E-state index contributed by atoms with van der Waals surface area (Å²) in [6.07, 6.45) is 1.05. The summed E-state index contributed by atoms with van der Waals surface area (Å²) in [6.45, 7) is 0.250. The van der Waals surface area contributed by atoms with Crippen molar-refractivity contribution in [2.75, 3.05) is 13.7 Å². The molecule has 0 aliphatic heterocycles. The second-order valence-electron chi connectivity index (χ2n) is 3.80. The van der Waals surface area contributed by atoms with E-state index >= 15 is 0 Å². The Morgan fingerprint density at radius 2 is 1.89 bits per heavy atom. The minimum atomic E-state index is -0.974. The second-order valence-corrected chi connectivity index (χ2v) is 3.80. The Hall–Kier alpha value is -1.98. The Bertz CT molecular complexity index is 460. The minimum absolute atomic E-state index is 0.0772. The highest BCUT2D eigenvalue weighted by molar-refractivity contribution is 6.33. The van der Waals surface area contributed by atoms with Crippen molar-refractivity contribution in [1.82, 2.24) is 0 Å². The number of esters is 1. The summed E-state index contributed by atoms with van der Waals surface area (Å²) in [5.41, 5.74) is 0. The lowest BCUT2D eigenvalue weighted by atomic mass is 10.2. The van der Waals surface area contributed by atoms with Crippen LogP contribution in [0.3, 0.4) is 0 Å². The fourth-order valence-corrected chi connectivity index (χ4v) is 1.36. The van der Waals surface area contributed by atoms with Gasteiger partial charge in [0.1, 0.15) is 5.75 Å². The molecule has 1 aromatic carbocycles. The fourth-order valence-electron chi connectivity index (χ4n) is 1.36. The standard InChI is InChI=1S/C13H14F2O4/c1-18-13(17)12(16)4-2-3-7-19-9-5-6-10(14)11(15)8-9/h5-6,8H,2-4,7H2,1H3. The highest BCUT2D eigenvalue weighted by Crippen LogP contribution is 2.15. The monoisotopic (exact) mass is 272 g/mol. The predicted octanol–water partition coefficient (Wildman–Crippen LogP) is 2.26. The first-order valence-electron chi connectivity index (χ1n) is 5.73. The van der Waals surface area contributed by atoms with Gasteiger partial charge in [0.05, 0.1) is 13.7 Å². The van der Waals surface area contributed by atoms with E-state index in [-0.39, 0.29) is 18.8 Å². The number of carbonyl (C=O) groups excluding carboxylic acids is 2. The van der Waals surface area contributed by atoms with Crippen LogP contribution in [-0.4, -0.2) is 25.5 Å². The molecule has 0 fully saturated rings. The van der Waals surface area contributed by atoms with Crippen LogP contribution in [0.4, 0.5) is 8.78 Å². The number of hydrogen-bond acceptors (Lipinski definition) is 4. The van der Waals surface area contributed by atoms with E-state index in [0.29, 0.717) is 12.8 Å². The van der Waals surface area contributed by atoms with E-state index in [1.165, 1.54) is 6.07 Å². The lowest BCUT2D eigenvalue weighted by molar-refractivity contribution is -0.151. The third-order valence-corrected chi connectivity index (χ3v) is 2.37. The van der Waals surface area contributed by atoms with Crippen LogP contribution in [0.25, 0.3) is 0 Å². The normalized spacial score (nSPS) is 10.1. The number of unbranched alkanes of at least 4 members (excludes halogenated alkanes) is 1. The summed E-state index contributed by atoms with van der Waals surface area (Å²) in [5.74, 6) is -3.13. The molecular formula is C13H14F2O4. The van der Waals surface area contributed by atoms with Gasteiger partial charge in [0, 0.05) is 12.5 Å². The van der Waals surface area contributed by atoms with E-state index in [9.17, 15) is 18.4 Å². The third-order valence-electron chi connectivity index (χ3n) is 2.37. The molecule has 0 amide bonds. The maximum atomic E-state index is 12.8. The van der Waals surface area contributed by atoms with Crippen LogP contribution >= 0.6 is 0 Å². The highest BCUT2D eigenvalue weighted by atomic mass is 19.2. The highest BCUT2D eigenvalue weighted by Gasteiger charge is 2.12. The molecule has 19 heavy (non-hydrogen) atoms. The average Bonchev–Trinajstić information content (AvgIpc) is 2.41. The van der Waals surface area contributed by atoms with Gasteiger partial charge >= 0.3 is 5.97 Å². The molecule has 1 rings (SSSR count). The van der Waals surface area contributed by atoms with Gasteiger partial charge in [0.25, 0.3) is 0 Å². The van der Waals surface area contributed by atoms with Gasteiger partial charge in [-0.2, -0.15) is 0 Å². The van der Waals surface area contributed by atoms with Crippen LogP contribution in [0.2, 0.25) is 0 Å². The van der Waals surface area contributed by atoms with Crippen LogP contribution in [-0.2, 0) is 14.3 Å². The molecule has 0 bridgehead atoms. The molecule has 0 aliphatic rings. The van der Waals surface area contributed by atoms with E-state index in [4.69, 9.17) is 4.74 Å². The van der Waals surface area contributed by atoms with Crippen LogP contribution < -0.4 is 4.74 Å². The summed E-state index contributed by atoms with van der Waals surface area (Å²) in [4.78, 5) is 21.9. The molecule has 0 saturated heterocycles. The van der Waals surface area contributed by atoms with Crippen molar-refractivity contribution in [3.05, 3.63) is 29.8 Å². The number of halogens is 2. The van der Waals surface area contributed by atoms with E-state index in [0.717, 1.165) is 19.2 Å². The number of hydrogen-bond donors (Lipinski definition) is 0. The Labute approximate surface area is 109 Å². The van der Waals surface area contributed by atoms with Crippen LogP contribution in [0.1, 0.15) is 19.3 Å². The maximum Gasteiger partial charge on any atom is 0.374 e. The molecule has 0 aromatic heterocycles. The zero-order chi connectivity index (χ0) is 14.3. The Kier molecular flexibility index (Phi) is 5.92. The summed E-state index contributed by atoms with van der Waals surface area (Å²) in [6, 6.07) is 3.25. The van der Waals surface area contributed by atoms with Crippen LogP contribution in [0.5, 0.6) is 5.75 Å². The predicted molar refractivity (Wildman–Crippen MR) is 62.7 cm³/mol. The van der Waals surface area contributed by atoms with Crippen LogP contribution in [0.15, 0.2) is 18.2 Å². The number of methoxy groups -OCH3 is 1. The van der Waals surface area contributed by atoms with Crippen molar-refractivity contribution in [3.63, 3.8) is 0 Å². The second kappa shape index (κ2) is 7.45. The maximum absolute atomic E-state index is 12.8. The van der Waals surface area contributed by atoms with Gasteiger partial charge in [0.2, 0.25) is 5.78 Å². The van der Waals surface area contributed by atoms with Gasteiger partial charge < -0.3 is 9.47 Å². The first-order chi connectivity index (χ1) is 9.04. The van der Waals surface area contributed by atoms with E-state index in [2.05, 4.69) is 4.74 Å². The number of carbonyl (C=O) groups is 2. The molecule has 0 atom stereocenters. The Balaban J connectivity index is 2.22. The van der Waals surface area contributed by atoms with E-state index < -0.39 is 23.4 Å². The number of ketones is 1. The third kappa shape index (κ3) is 5.03. The van der Waals surface area contributed by atoms with Gasteiger partial charge in [-0.15, -0.1) is 0 Å². The number of benzene rings is 1. The van der Waals surface area contributed by atoms with Crippen molar-refractivity contribution >= 4 is 11.8 Å². The molecule has 0 saturated carbocycles. The van der Waals surface area contributed by atoms with Gasteiger partial charge in [-0.05, 0) is 25.0 Å². The molecule has 104 valence electrons. The Morgan fingerprint density at radius 1 is 1.16 bits per heavy atom. The minimum Gasteiger partial charge on any atom is -0.493 e. The summed E-state index contributed by atoms with van der Waals surface area (Å²) >= 11 is 0. The molecule has 0 unspecified atom stereocenters. The van der Waals surface area contributed by atoms with Crippen molar-refractivity contribution < 1.29 is 27.8 Å². The zero-order valence-electron chi connectivity index (χ0n) is 10.4. The molecule has 0 spiro atoms. The molecular weight excluding hydrogens is 258 g/mol. The molecule has 0 aliphatic carbocycles. The van der Waals surface area contributed by atoms with Crippen molar-refractivity contribution in [2.45, 2.75) is 19.3 Å². The van der Waals surface area contributed by atoms with Crippen molar-refractivity contribution in [3.8, 4) is 5.75 Å². The smallest absolute Gasteiger partial charge is 0.374 e. The number of ether oxygens (including phenoxy) is 2. The molecule has 4 nitrogen and oxygen atoms in total. The molecule has 6 heteroatoms. The quantitative estimate of drug-likeness (QED) is 0.434. The lowest BCUT2D eigenvalue weighted by Crippen LogP contribution is -2.15. The Morgan fingerprint density at radius 3 is 2.53 bits per heavy atom. The zero-order valence-corrected chi connectivity index (χ0v) is 10.4. The SMILES string of the molecule is COC(=O)C(=O)CCCCOc1ccc(F)c(F)c1. The summed E-state index contributed by atoms with van der Waals surface area (Å²) in [7, 11) is 1.15. The van der Waals surface area contributed by atoms with Crippen LogP contribution in [0, 0.1) is 11.6 Å². The number of Topliss-reactive ketones (excluding diaryl/α,β-unsaturated/α-hetero) is 1. The molecule has 0 radical (unpaired) electrons. The van der Waals surface area contributed by atoms with Crippen molar-refractivity contribution in [1.29, 1.82) is 0 Å². The molecule has 1 aromatic rings. The summed E-state index contributed by atoms with van der Waals surface area (Å²) < 4.78 is 34.9. The fraction of sp³-hybridized carbons (Fsp3) is 0.385. The topological polar surface area (TPSA) is 52.6 Å². The molecule has 0 heterocycles. The van der Waals surface area contributed by atoms with Gasteiger partial charge in [-0.1, -0.05) is 0 Å².